The van der Waals surface area contributed by atoms with Crippen molar-refractivity contribution in [1.82, 2.24) is 4.72 Å². The van der Waals surface area contributed by atoms with Crippen molar-refractivity contribution in [1.29, 1.82) is 0 Å². The first-order valence-electron chi connectivity index (χ1n) is 6.14. The molecule has 0 bridgehead atoms. The zero-order valence-electron chi connectivity index (χ0n) is 11.8. The molecule has 0 aromatic heterocycles. The third kappa shape index (κ3) is 6.65. The van der Waals surface area contributed by atoms with E-state index in [-0.39, 0.29) is 6.42 Å². The number of nitrogens with one attached hydrogen (secondary N) is 1. The van der Waals surface area contributed by atoms with Crippen molar-refractivity contribution in [2.24, 2.45) is 5.14 Å². The Bertz CT molecular complexity index is 549. The van der Waals surface area contributed by atoms with Crippen LogP contribution in [0.1, 0.15) is 26.3 Å². The number of esters is 1. The SMILES string of the molecule is CC(C)(C)OC(=O)[C@@H](Cc1ccccc1)NS(N)(=O)=O. The Kier molecular flexibility index (Phi) is 5.27. The molecule has 0 unspecified atom stereocenters. The predicted octanol–water partition coefficient (Wildman–Crippen LogP) is 0.733. The van der Waals surface area contributed by atoms with Crippen molar-refractivity contribution < 1.29 is 17.9 Å². The molecule has 0 saturated carbocycles. The van der Waals surface area contributed by atoms with Gasteiger partial charge in [0.1, 0.15) is 11.6 Å². The highest BCUT2D eigenvalue weighted by atomic mass is 32.2. The first-order chi connectivity index (χ1) is 9.07. The number of hydrogen-bond acceptors (Lipinski definition) is 4. The normalized spacial score (nSPS) is 13.8. The first-order valence-corrected chi connectivity index (χ1v) is 7.68. The molecule has 112 valence electrons. The average molecular weight is 300 g/mol. The standard InChI is InChI=1S/C13H20N2O4S/c1-13(2,3)19-12(16)11(15-20(14,17)18)9-10-7-5-4-6-8-10/h4-8,11,15H,9H2,1-3H3,(H2,14,17,18)/t11-/m1/s1. The molecule has 0 fully saturated rings. The average Bonchev–Trinajstić information content (AvgIpc) is 2.25. The molecule has 20 heavy (non-hydrogen) atoms. The van der Waals surface area contributed by atoms with Crippen LogP contribution in [0.4, 0.5) is 0 Å². The maximum atomic E-state index is 12.0. The lowest BCUT2D eigenvalue weighted by Gasteiger charge is -2.24. The van der Waals surface area contributed by atoms with E-state index < -0.39 is 27.8 Å². The van der Waals surface area contributed by atoms with Gasteiger partial charge in [0.25, 0.3) is 10.2 Å². The predicted molar refractivity (Wildman–Crippen MR) is 76.0 cm³/mol. The van der Waals surface area contributed by atoms with Crippen LogP contribution in [-0.4, -0.2) is 26.0 Å². The third-order valence-electron chi connectivity index (χ3n) is 2.28. The molecule has 0 aliphatic heterocycles. The summed E-state index contributed by atoms with van der Waals surface area (Å²) >= 11 is 0. The van der Waals surface area contributed by atoms with Gasteiger partial charge in [-0.1, -0.05) is 30.3 Å². The Morgan fingerprint density at radius 2 is 1.85 bits per heavy atom. The van der Waals surface area contributed by atoms with E-state index in [1.54, 1.807) is 45.0 Å². The van der Waals surface area contributed by atoms with E-state index >= 15 is 0 Å². The summed E-state index contributed by atoms with van der Waals surface area (Å²) in [7, 11) is -3.99. The fourth-order valence-electron chi connectivity index (χ4n) is 1.59. The Labute approximate surface area is 119 Å². The van der Waals surface area contributed by atoms with Crippen LogP contribution in [0.2, 0.25) is 0 Å². The van der Waals surface area contributed by atoms with Gasteiger partial charge in [-0.15, -0.1) is 0 Å². The largest absolute Gasteiger partial charge is 0.459 e. The molecular formula is C13H20N2O4S. The van der Waals surface area contributed by atoms with E-state index in [0.717, 1.165) is 5.56 Å². The maximum Gasteiger partial charge on any atom is 0.325 e. The van der Waals surface area contributed by atoms with E-state index in [9.17, 15) is 13.2 Å². The minimum Gasteiger partial charge on any atom is -0.459 e. The second-order valence-corrected chi connectivity index (χ2v) is 6.76. The molecule has 1 rings (SSSR count). The molecule has 0 heterocycles. The molecule has 7 heteroatoms. The number of carbonyl (C=O) groups is 1. The van der Waals surface area contributed by atoms with E-state index in [0.29, 0.717) is 0 Å². The maximum absolute atomic E-state index is 12.0. The van der Waals surface area contributed by atoms with Gasteiger partial charge < -0.3 is 4.74 Å². The van der Waals surface area contributed by atoms with Gasteiger partial charge in [0.2, 0.25) is 0 Å². The van der Waals surface area contributed by atoms with E-state index in [4.69, 9.17) is 9.88 Å². The highest BCUT2D eigenvalue weighted by molar-refractivity contribution is 7.87. The molecular weight excluding hydrogens is 280 g/mol. The summed E-state index contributed by atoms with van der Waals surface area (Å²) in [6.07, 6.45) is 0.173. The fourth-order valence-corrected chi connectivity index (χ4v) is 2.17. The van der Waals surface area contributed by atoms with Gasteiger partial charge in [-0.05, 0) is 32.8 Å². The summed E-state index contributed by atoms with van der Waals surface area (Å²) in [5, 5.41) is 4.94. The lowest BCUT2D eigenvalue weighted by Crippen LogP contribution is -2.47. The second kappa shape index (κ2) is 6.34. The van der Waals surface area contributed by atoms with Crippen molar-refractivity contribution >= 4 is 16.2 Å². The summed E-state index contributed by atoms with van der Waals surface area (Å²) in [5.41, 5.74) is 0.103. The number of benzene rings is 1. The minimum atomic E-state index is -3.99. The van der Waals surface area contributed by atoms with Crippen molar-refractivity contribution in [2.75, 3.05) is 0 Å². The van der Waals surface area contributed by atoms with Crippen molar-refractivity contribution in [3.05, 3.63) is 35.9 Å². The number of hydrogen-bond donors (Lipinski definition) is 2. The van der Waals surface area contributed by atoms with Crippen LogP contribution >= 0.6 is 0 Å². The van der Waals surface area contributed by atoms with Crippen LogP contribution < -0.4 is 9.86 Å². The number of ether oxygens (including phenoxy) is 1. The van der Waals surface area contributed by atoms with E-state index in [1.807, 2.05) is 6.07 Å². The number of carbonyl (C=O) groups excluding carboxylic acids is 1. The van der Waals surface area contributed by atoms with Crippen LogP contribution in [0.25, 0.3) is 0 Å². The quantitative estimate of drug-likeness (QED) is 0.783. The first kappa shape index (κ1) is 16.6. The van der Waals surface area contributed by atoms with Crippen LogP contribution in [-0.2, 0) is 26.2 Å². The Hall–Kier alpha value is -1.44. The fraction of sp³-hybridized carbons (Fsp3) is 0.462. The molecule has 1 atom stereocenters. The van der Waals surface area contributed by atoms with Gasteiger partial charge in [0.05, 0.1) is 0 Å². The summed E-state index contributed by atoms with van der Waals surface area (Å²) < 4.78 is 29.6. The second-order valence-electron chi connectivity index (χ2n) is 5.44. The highest BCUT2D eigenvalue weighted by Gasteiger charge is 2.27. The molecule has 6 nitrogen and oxygen atoms in total. The van der Waals surface area contributed by atoms with E-state index in [2.05, 4.69) is 4.72 Å². The van der Waals surface area contributed by atoms with Crippen LogP contribution in [0.15, 0.2) is 30.3 Å². The molecule has 3 N–H and O–H groups in total. The molecule has 0 radical (unpaired) electrons. The molecule has 0 saturated heterocycles. The van der Waals surface area contributed by atoms with Gasteiger partial charge in [-0.25, -0.2) is 5.14 Å². The van der Waals surface area contributed by atoms with E-state index in [1.165, 1.54) is 0 Å². The molecule has 1 aromatic carbocycles. The molecule has 0 aliphatic rings. The topological polar surface area (TPSA) is 98.5 Å². The van der Waals surface area contributed by atoms with Gasteiger partial charge in [0.15, 0.2) is 0 Å². The van der Waals surface area contributed by atoms with Crippen molar-refractivity contribution in [2.45, 2.75) is 38.8 Å². The lowest BCUT2D eigenvalue weighted by atomic mass is 10.1. The molecule has 0 aliphatic carbocycles. The van der Waals surface area contributed by atoms with Crippen LogP contribution in [0.5, 0.6) is 0 Å². The summed E-state index contributed by atoms with van der Waals surface area (Å²) in [6, 6.07) is 7.98. The zero-order valence-corrected chi connectivity index (χ0v) is 12.6. The number of rotatable bonds is 5. The van der Waals surface area contributed by atoms with Crippen LogP contribution in [0, 0.1) is 0 Å². The Morgan fingerprint density at radius 3 is 2.30 bits per heavy atom. The zero-order chi connectivity index (χ0) is 15.4. The van der Waals surface area contributed by atoms with Gasteiger partial charge in [-0.3, -0.25) is 4.79 Å². The minimum absolute atomic E-state index is 0.173. The van der Waals surface area contributed by atoms with Crippen LogP contribution in [0.3, 0.4) is 0 Å². The molecule has 0 spiro atoms. The van der Waals surface area contributed by atoms with Gasteiger partial charge >= 0.3 is 5.97 Å². The van der Waals surface area contributed by atoms with Crippen molar-refractivity contribution in [3.63, 3.8) is 0 Å². The van der Waals surface area contributed by atoms with Gasteiger partial charge in [-0.2, -0.15) is 13.1 Å². The van der Waals surface area contributed by atoms with Crippen molar-refractivity contribution in [3.8, 4) is 0 Å². The Morgan fingerprint density at radius 1 is 1.30 bits per heavy atom. The summed E-state index contributed by atoms with van der Waals surface area (Å²) in [6.45, 7) is 5.13. The third-order valence-corrected chi connectivity index (χ3v) is 2.89. The highest BCUT2D eigenvalue weighted by Crippen LogP contribution is 2.11. The molecule has 1 aromatic rings. The lowest BCUT2D eigenvalue weighted by molar-refractivity contribution is -0.156. The summed E-state index contributed by atoms with van der Waals surface area (Å²) in [4.78, 5) is 12.0. The smallest absolute Gasteiger partial charge is 0.325 e. The Balaban J connectivity index is 2.88. The summed E-state index contributed by atoms with van der Waals surface area (Å²) in [5.74, 6) is -0.657. The molecule has 0 amide bonds. The number of nitrogens with two attached hydrogens (primary N) is 1. The van der Waals surface area contributed by atoms with Gasteiger partial charge in [0, 0.05) is 0 Å². The monoisotopic (exact) mass is 300 g/mol.